The lowest BCUT2D eigenvalue weighted by Gasteiger charge is -2.28. The van der Waals surface area contributed by atoms with Gasteiger partial charge in [-0.25, -0.2) is 0 Å². The number of fused-ring (bicyclic) bond motifs is 1. The van der Waals surface area contributed by atoms with Gasteiger partial charge >= 0.3 is 0 Å². The van der Waals surface area contributed by atoms with Crippen LogP contribution in [0.1, 0.15) is 35.2 Å². The number of aromatic nitrogens is 2. The number of aromatic amines is 1. The number of nitrogens with zero attached hydrogens (tertiary/aromatic N) is 2. The topological polar surface area (TPSA) is 94.8 Å². The molecule has 0 spiro atoms. The molecule has 0 aliphatic carbocycles. The summed E-state index contributed by atoms with van der Waals surface area (Å²) >= 11 is 0. The van der Waals surface area contributed by atoms with Crippen molar-refractivity contribution in [2.75, 3.05) is 0 Å². The van der Waals surface area contributed by atoms with Gasteiger partial charge in [0.25, 0.3) is 0 Å². The number of nitrogens with one attached hydrogen (secondary N) is 2. The van der Waals surface area contributed by atoms with Crippen LogP contribution in [0.5, 0.6) is 11.6 Å². The van der Waals surface area contributed by atoms with E-state index in [1.54, 1.807) is 0 Å². The fourth-order valence-electron chi connectivity index (χ4n) is 3.53. The van der Waals surface area contributed by atoms with E-state index in [0.717, 1.165) is 34.6 Å². The van der Waals surface area contributed by atoms with Gasteiger partial charge in [0.1, 0.15) is 18.3 Å². The van der Waals surface area contributed by atoms with Gasteiger partial charge in [-0.2, -0.15) is 5.26 Å². The molecule has 140 valence electrons. The summed E-state index contributed by atoms with van der Waals surface area (Å²) in [6, 6.07) is 19.9. The van der Waals surface area contributed by atoms with Crippen molar-refractivity contribution in [2.45, 2.75) is 25.9 Å². The zero-order valence-electron chi connectivity index (χ0n) is 15.5. The third-order valence-corrected chi connectivity index (χ3v) is 4.96. The predicted octanol–water partition coefficient (Wildman–Crippen LogP) is 4.19. The molecule has 28 heavy (non-hydrogen) atoms. The van der Waals surface area contributed by atoms with Crippen molar-refractivity contribution in [1.29, 1.82) is 10.7 Å². The van der Waals surface area contributed by atoms with Gasteiger partial charge in [-0.05, 0) is 29.7 Å². The first-order valence-corrected chi connectivity index (χ1v) is 9.21. The highest BCUT2D eigenvalue weighted by atomic mass is 16.5. The molecule has 6 heteroatoms. The number of rotatable bonds is 5. The van der Waals surface area contributed by atoms with Crippen molar-refractivity contribution in [3.8, 4) is 17.7 Å². The van der Waals surface area contributed by atoms with Gasteiger partial charge < -0.3 is 9.47 Å². The molecule has 0 bridgehead atoms. The third kappa shape index (κ3) is 3.23. The summed E-state index contributed by atoms with van der Waals surface area (Å²) < 4.78 is 11.3. The zero-order chi connectivity index (χ0) is 19.5. The Balaban J connectivity index is 1.61. The van der Waals surface area contributed by atoms with Crippen LogP contribution in [-0.4, -0.2) is 16.1 Å². The Morgan fingerprint density at radius 3 is 2.61 bits per heavy atom. The van der Waals surface area contributed by atoms with E-state index in [0.29, 0.717) is 12.5 Å². The molecule has 1 aliphatic rings. The van der Waals surface area contributed by atoms with Crippen LogP contribution in [-0.2, 0) is 13.0 Å². The fraction of sp³-hybridized carbons (Fsp3) is 0.227. The van der Waals surface area contributed by atoms with E-state index in [1.807, 2.05) is 61.5 Å². The SMILES string of the molecule is CCc1[nH]nc2c1C(c1ccc(OCc3ccccc3)cc1)C(C#N)C(=N)O2. The lowest BCUT2D eigenvalue weighted by atomic mass is 9.79. The third-order valence-electron chi connectivity index (χ3n) is 4.96. The van der Waals surface area contributed by atoms with Crippen LogP contribution < -0.4 is 9.47 Å². The first kappa shape index (κ1) is 17.8. The highest BCUT2D eigenvalue weighted by Gasteiger charge is 2.40. The molecule has 2 N–H and O–H groups in total. The number of H-pyrrole nitrogens is 1. The van der Waals surface area contributed by atoms with Crippen molar-refractivity contribution in [3.05, 3.63) is 77.0 Å². The Bertz CT molecular complexity index is 1020. The second-order valence-corrected chi connectivity index (χ2v) is 6.67. The minimum Gasteiger partial charge on any atom is -0.489 e. The molecule has 2 heterocycles. The highest BCUT2D eigenvalue weighted by molar-refractivity contribution is 5.84. The maximum atomic E-state index is 9.66. The van der Waals surface area contributed by atoms with E-state index in [2.05, 4.69) is 16.3 Å². The Morgan fingerprint density at radius 2 is 1.93 bits per heavy atom. The molecule has 0 radical (unpaired) electrons. The summed E-state index contributed by atoms with van der Waals surface area (Å²) in [5, 5.41) is 24.9. The van der Waals surface area contributed by atoms with Crippen LogP contribution in [0.2, 0.25) is 0 Å². The van der Waals surface area contributed by atoms with Gasteiger partial charge in [-0.3, -0.25) is 10.5 Å². The van der Waals surface area contributed by atoms with Gasteiger partial charge in [0.15, 0.2) is 0 Å². The highest BCUT2D eigenvalue weighted by Crippen LogP contribution is 2.43. The quantitative estimate of drug-likeness (QED) is 0.702. The first-order chi connectivity index (χ1) is 13.7. The fourth-order valence-corrected chi connectivity index (χ4v) is 3.53. The van der Waals surface area contributed by atoms with Gasteiger partial charge in [0.05, 0.1) is 6.07 Å². The van der Waals surface area contributed by atoms with Crippen molar-refractivity contribution in [1.82, 2.24) is 10.2 Å². The van der Waals surface area contributed by atoms with Crippen molar-refractivity contribution >= 4 is 5.90 Å². The molecular weight excluding hydrogens is 352 g/mol. The molecule has 2 unspecified atom stereocenters. The molecule has 0 amide bonds. The average molecular weight is 372 g/mol. The van der Waals surface area contributed by atoms with Crippen molar-refractivity contribution in [2.24, 2.45) is 5.92 Å². The van der Waals surface area contributed by atoms with Gasteiger partial charge in [0, 0.05) is 17.2 Å². The van der Waals surface area contributed by atoms with E-state index in [4.69, 9.17) is 14.9 Å². The smallest absolute Gasteiger partial charge is 0.243 e. The van der Waals surface area contributed by atoms with E-state index in [-0.39, 0.29) is 11.8 Å². The second kappa shape index (κ2) is 7.57. The van der Waals surface area contributed by atoms with Crippen LogP contribution >= 0.6 is 0 Å². The summed E-state index contributed by atoms with van der Waals surface area (Å²) in [6.07, 6.45) is 0.742. The van der Waals surface area contributed by atoms with E-state index < -0.39 is 5.92 Å². The largest absolute Gasteiger partial charge is 0.489 e. The van der Waals surface area contributed by atoms with Crippen LogP contribution in [0.4, 0.5) is 0 Å². The standard InChI is InChI=1S/C22H20N4O2/c1-2-18-20-19(17(12-23)21(24)28-22(20)26-25-18)15-8-10-16(11-9-15)27-13-14-6-4-3-5-7-14/h3-11,17,19,24H,2,13H2,1H3,(H,25,26). The number of hydrogen-bond acceptors (Lipinski definition) is 5. The van der Waals surface area contributed by atoms with Crippen molar-refractivity contribution in [3.63, 3.8) is 0 Å². The Hall–Kier alpha value is -3.59. The normalized spacial score (nSPS) is 18.1. The molecule has 4 rings (SSSR count). The van der Waals surface area contributed by atoms with E-state index in [1.165, 1.54) is 0 Å². The summed E-state index contributed by atoms with van der Waals surface area (Å²) in [7, 11) is 0. The number of benzene rings is 2. The molecular formula is C22H20N4O2. The van der Waals surface area contributed by atoms with Gasteiger partial charge in [-0.1, -0.05) is 49.4 Å². The number of hydrogen-bond donors (Lipinski definition) is 2. The molecule has 3 aromatic rings. The van der Waals surface area contributed by atoms with Crippen LogP contribution in [0.25, 0.3) is 0 Å². The number of ether oxygens (including phenoxy) is 2. The maximum Gasteiger partial charge on any atom is 0.243 e. The summed E-state index contributed by atoms with van der Waals surface area (Å²) in [4.78, 5) is 0. The molecule has 2 atom stereocenters. The number of nitriles is 1. The van der Waals surface area contributed by atoms with Crippen LogP contribution in [0, 0.1) is 22.7 Å². The minimum atomic E-state index is -0.688. The molecule has 6 nitrogen and oxygen atoms in total. The monoisotopic (exact) mass is 372 g/mol. The summed E-state index contributed by atoms with van der Waals surface area (Å²) in [5.74, 6) is 0.0947. The molecule has 0 saturated carbocycles. The first-order valence-electron chi connectivity index (χ1n) is 9.21. The predicted molar refractivity (Wildman–Crippen MR) is 104 cm³/mol. The number of aryl methyl sites for hydroxylation is 1. The average Bonchev–Trinajstić information content (AvgIpc) is 3.15. The molecule has 1 aliphatic heterocycles. The molecule has 0 saturated heterocycles. The zero-order valence-corrected chi connectivity index (χ0v) is 15.5. The maximum absolute atomic E-state index is 9.66. The molecule has 1 aromatic heterocycles. The Labute approximate surface area is 163 Å². The second-order valence-electron chi connectivity index (χ2n) is 6.67. The van der Waals surface area contributed by atoms with Crippen molar-refractivity contribution < 1.29 is 9.47 Å². The lowest BCUT2D eigenvalue weighted by Crippen LogP contribution is -2.31. The van der Waals surface area contributed by atoms with Crippen LogP contribution in [0.15, 0.2) is 54.6 Å². The Morgan fingerprint density at radius 1 is 1.18 bits per heavy atom. The minimum absolute atomic E-state index is 0.0708. The van der Waals surface area contributed by atoms with Crippen LogP contribution in [0.3, 0.4) is 0 Å². The lowest BCUT2D eigenvalue weighted by molar-refractivity contribution is 0.306. The molecule has 2 aromatic carbocycles. The Kier molecular flexibility index (Phi) is 4.81. The molecule has 0 fully saturated rings. The van der Waals surface area contributed by atoms with Gasteiger partial charge in [0.2, 0.25) is 11.8 Å². The van der Waals surface area contributed by atoms with E-state index >= 15 is 0 Å². The van der Waals surface area contributed by atoms with E-state index in [9.17, 15) is 5.26 Å². The summed E-state index contributed by atoms with van der Waals surface area (Å²) in [5.41, 5.74) is 3.83. The van der Waals surface area contributed by atoms with Gasteiger partial charge in [-0.15, -0.1) is 5.10 Å². The summed E-state index contributed by atoms with van der Waals surface area (Å²) in [6.45, 7) is 2.52.